The highest BCUT2D eigenvalue weighted by Gasteiger charge is 2.36. The number of para-hydroxylation sites is 1. The van der Waals surface area contributed by atoms with Gasteiger partial charge in [-0.1, -0.05) is 18.2 Å². The van der Waals surface area contributed by atoms with E-state index >= 15 is 0 Å². The molecule has 26 heavy (non-hydrogen) atoms. The van der Waals surface area contributed by atoms with E-state index in [-0.39, 0.29) is 12.1 Å². The lowest BCUT2D eigenvalue weighted by molar-refractivity contribution is -0.0166. The molecule has 1 fully saturated rings. The van der Waals surface area contributed by atoms with Gasteiger partial charge >= 0.3 is 6.09 Å². The van der Waals surface area contributed by atoms with Crippen molar-refractivity contribution in [2.45, 2.75) is 57.8 Å². The Morgan fingerprint density at radius 1 is 1.35 bits per heavy atom. The fourth-order valence-corrected chi connectivity index (χ4v) is 3.89. The summed E-state index contributed by atoms with van der Waals surface area (Å²) >= 11 is 3.43. The van der Waals surface area contributed by atoms with Crippen LogP contribution in [0.25, 0.3) is 10.9 Å². The summed E-state index contributed by atoms with van der Waals surface area (Å²) in [5.74, 6) is 0. The van der Waals surface area contributed by atoms with Crippen LogP contribution in [0.15, 0.2) is 34.9 Å². The molecule has 0 unspecified atom stereocenters. The third-order valence-electron chi connectivity index (χ3n) is 4.58. The largest absolute Gasteiger partial charge is 0.444 e. The van der Waals surface area contributed by atoms with E-state index in [0.29, 0.717) is 11.1 Å². The van der Waals surface area contributed by atoms with E-state index in [1.54, 1.807) is 4.90 Å². The van der Waals surface area contributed by atoms with Crippen LogP contribution < -0.4 is 0 Å². The maximum absolute atomic E-state index is 12.7. The second-order valence-corrected chi connectivity index (χ2v) is 8.55. The van der Waals surface area contributed by atoms with Crippen molar-refractivity contribution in [3.8, 4) is 0 Å². The summed E-state index contributed by atoms with van der Waals surface area (Å²) in [4.78, 5) is 18.8. The molecule has 0 aliphatic carbocycles. The van der Waals surface area contributed by atoms with Gasteiger partial charge in [0.25, 0.3) is 0 Å². The number of aliphatic hydroxyl groups is 1. The summed E-state index contributed by atoms with van der Waals surface area (Å²) in [6, 6.07) is 9.26. The standard InChI is InChI=1S/C20H25BrN2O3/c1-20(2,3)26-19(25)23-11-7-6-10-16(23)18(24)14-12-17(21)22-15-9-5-4-8-13(14)15/h4-5,8-9,12,16,18,24H,6-7,10-11H2,1-3H3/t16-,18-/m1/s1. The van der Waals surface area contributed by atoms with Gasteiger partial charge in [-0.3, -0.25) is 0 Å². The Balaban J connectivity index is 1.94. The second kappa shape index (κ2) is 7.53. The number of hydrogen-bond acceptors (Lipinski definition) is 4. The van der Waals surface area contributed by atoms with E-state index in [9.17, 15) is 9.90 Å². The Labute approximate surface area is 162 Å². The zero-order chi connectivity index (χ0) is 18.9. The number of piperidine rings is 1. The molecule has 140 valence electrons. The SMILES string of the molecule is CC(C)(C)OC(=O)N1CCCC[C@@H]1[C@H](O)c1cc(Br)nc2ccccc12. The fraction of sp³-hybridized carbons (Fsp3) is 0.500. The Hall–Kier alpha value is -1.66. The van der Waals surface area contributed by atoms with Crippen LogP contribution in [-0.4, -0.2) is 39.3 Å². The first-order chi connectivity index (χ1) is 12.3. The number of nitrogens with zero attached hydrogens (tertiary/aromatic N) is 2. The molecule has 1 saturated heterocycles. The van der Waals surface area contributed by atoms with Crippen molar-refractivity contribution < 1.29 is 14.6 Å². The number of rotatable bonds is 2. The molecule has 2 atom stereocenters. The molecule has 5 nitrogen and oxygen atoms in total. The molecule has 1 aliphatic heterocycles. The lowest BCUT2D eigenvalue weighted by Gasteiger charge is -2.39. The van der Waals surface area contributed by atoms with Gasteiger partial charge in [0.15, 0.2) is 0 Å². The summed E-state index contributed by atoms with van der Waals surface area (Å²) in [5, 5.41) is 12.1. The number of aromatic nitrogens is 1. The highest BCUT2D eigenvalue weighted by atomic mass is 79.9. The van der Waals surface area contributed by atoms with E-state index in [2.05, 4.69) is 20.9 Å². The maximum Gasteiger partial charge on any atom is 0.410 e. The van der Waals surface area contributed by atoms with Crippen LogP contribution in [0.3, 0.4) is 0 Å². The monoisotopic (exact) mass is 420 g/mol. The number of carbonyl (C=O) groups excluding carboxylic acids is 1. The number of hydrogen-bond donors (Lipinski definition) is 1. The number of amides is 1. The topological polar surface area (TPSA) is 62.7 Å². The second-order valence-electron chi connectivity index (χ2n) is 7.73. The quantitative estimate of drug-likeness (QED) is 0.707. The van der Waals surface area contributed by atoms with Crippen molar-refractivity contribution in [1.82, 2.24) is 9.88 Å². The Kier molecular flexibility index (Phi) is 5.53. The number of carbonyl (C=O) groups is 1. The molecule has 1 N–H and O–H groups in total. The summed E-state index contributed by atoms with van der Waals surface area (Å²) in [7, 11) is 0. The molecular formula is C20H25BrN2O3. The van der Waals surface area contributed by atoms with Gasteiger partial charge in [0, 0.05) is 11.9 Å². The summed E-state index contributed by atoms with van der Waals surface area (Å²) in [5.41, 5.74) is 1.04. The highest BCUT2D eigenvalue weighted by Crippen LogP contribution is 2.34. The smallest absolute Gasteiger partial charge is 0.410 e. The lowest BCUT2D eigenvalue weighted by Crippen LogP contribution is -2.48. The van der Waals surface area contributed by atoms with Gasteiger partial charge < -0.3 is 14.7 Å². The highest BCUT2D eigenvalue weighted by molar-refractivity contribution is 9.10. The van der Waals surface area contributed by atoms with Crippen LogP contribution in [0.1, 0.15) is 51.7 Å². The predicted octanol–water partition coefficient (Wildman–Crippen LogP) is 4.82. The van der Waals surface area contributed by atoms with Crippen molar-refractivity contribution in [2.24, 2.45) is 0 Å². The van der Waals surface area contributed by atoms with E-state index in [0.717, 1.165) is 35.7 Å². The van der Waals surface area contributed by atoms with Crippen LogP contribution in [-0.2, 0) is 4.74 Å². The minimum Gasteiger partial charge on any atom is -0.444 e. The summed E-state index contributed by atoms with van der Waals surface area (Å²) in [6.45, 7) is 6.16. The molecule has 1 aliphatic rings. The van der Waals surface area contributed by atoms with Crippen LogP contribution in [0.2, 0.25) is 0 Å². The van der Waals surface area contributed by atoms with Crippen molar-refractivity contribution in [1.29, 1.82) is 0 Å². The van der Waals surface area contributed by atoms with Gasteiger partial charge in [-0.25, -0.2) is 9.78 Å². The van der Waals surface area contributed by atoms with Gasteiger partial charge in [-0.05, 0) is 73.7 Å². The number of pyridine rings is 1. The molecule has 0 radical (unpaired) electrons. The molecule has 0 saturated carbocycles. The van der Waals surface area contributed by atoms with Crippen molar-refractivity contribution in [3.63, 3.8) is 0 Å². The van der Waals surface area contributed by atoms with Gasteiger partial charge in [0.2, 0.25) is 0 Å². The fourth-order valence-electron chi connectivity index (χ4n) is 3.45. The molecule has 0 spiro atoms. The van der Waals surface area contributed by atoms with Gasteiger partial charge in [-0.15, -0.1) is 0 Å². The zero-order valence-corrected chi connectivity index (χ0v) is 17.0. The number of likely N-dealkylation sites (tertiary alicyclic amines) is 1. The Bertz CT molecular complexity index is 803. The third-order valence-corrected chi connectivity index (χ3v) is 4.98. The van der Waals surface area contributed by atoms with Crippen molar-refractivity contribution in [3.05, 3.63) is 40.5 Å². The molecule has 1 aromatic carbocycles. The first-order valence-electron chi connectivity index (χ1n) is 8.99. The van der Waals surface area contributed by atoms with E-state index < -0.39 is 11.7 Å². The van der Waals surface area contributed by atoms with E-state index in [1.807, 2.05) is 51.1 Å². The zero-order valence-electron chi connectivity index (χ0n) is 15.4. The van der Waals surface area contributed by atoms with E-state index in [4.69, 9.17) is 4.74 Å². The van der Waals surface area contributed by atoms with E-state index in [1.165, 1.54) is 0 Å². The Morgan fingerprint density at radius 3 is 2.81 bits per heavy atom. The molecule has 1 amide bonds. The maximum atomic E-state index is 12.7. The molecule has 2 heterocycles. The minimum absolute atomic E-state index is 0.309. The van der Waals surface area contributed by atoms with Gasteiger partial charge in [0.1, 0.15) is 16.3 Å². The molecule has 1 aromatic heterocycles. The lowest BCUT2D eigenvalue weighted by atomic mass is 9.91. The number of benzene rings is 1. The average Bonchev–Trinajstić information content (AvgIpc) is 2.59. The van der Waals surface area contributed by atoms with Crippen LogP contribution in [0.5, 0.6) is 0 Å². The minimum atomic E-state index is -0.799. The molecular weight excluding hydrogens is 396 g/mol. The van der Waals surface area contributed by atoms with Crippen LogP contribution in [0, 0.1) is 0 Å². The number of halogens is 1. The van der Waals surface area contributed by atoms with Crippen LogP contribution in [0.4, 0.5) is 4.79 Å². The van der Waals surface area contributed by atoms with Crippen LogP contribution >= 0.6 is 15.9 Å². The number of ether oxygens (including phenoxy) is 1. The molecule has 2 aromatic rings. The average molecular weight is 421 g/mol. The number of aliphatic hydroxyl groups excluding tert-OH is 1. The molecule has 6 heteroatoms. The van der Waals surface area contributed by atoms with Crippen molar-refractivity contribution in [2.75, 3.05) is 6.54 Å². The van der Waals surface area contributed by atoms with Gasteiger partial charge in [-0.2, -0.15) is 0 Å². The Morgan fingerprint density at radius 2 is 2.08 bits per heavy atom. The first-order valence-corrected chi connectivity index (χ1v) is 9.78. The third kappa shape index (κ3) is 4.18. The predicted molar refractivity (Wildman–Crippen MR) is 105 cm³/mol. The van der Waals surface area contributed by atoms with Gasteiger partial charge in [0.05, 0.1) is 11.6 Å². The van der Waals surface area contributed by atoms with Crippen molar-refractivity contribution >= 4 is 32.9 Å². The first kappa shape index (κ1) is 19.1. The summed E-state index contributed by atoms with van der Waals surface area (Å²) < 4.78 is 6.23. The summed E-state index contributed by atoms with van der Waals surface area (Å²) in [6.07, 6.45) is 1.48. The number of fused-ring (bicyclic) bond motifs is 1. The molecule has 3 rings (SSSR count). The molecule has 0 bridgehead atoms. The normalized spacial score (nSPS) is 19.4.